The first-order valence-electron chi connectivity index (χ1n) is 11.5. The van der Waals surface area contributed by atoms with Gasteiger partial charge in [0.1, 0.15) is 11.2 Å². The van der Waals surface area contributed by atoms with Crippen LogP contribution in [0.4, 0.5) is 5.69 Å². The van der Waals surface area contributed by atoms with Crippen molar-refractivity contribution in [3.05, 3.63) is 66.3 Å². The average Bonchev–Trinajstić information content (AvgIpc) is 3.65. The molecule has 6 rings (SSSR count). The van der Waals surface area contributed by atoms with Crippen molar-refractivity contribution in [1.82, 2.24) is 34.7 Å². The van der Waals surface area contributed by atoms with E-state index in [4.69, 9.17) is 10.1 Å². The van der Waals surface area contributed by atoms with Gasteiger partial charge in [-0.3, -0.25) is 24.5 Å². The number of thiophene rings is 1. The fourth-order valence-corrected chi connectivity index (χ4v) is 5.01. The lowest BCUT2D eigenvalue weighted by Crippen LogP contribution is -2.10. The molecule has 0 aromatic carbocycles. The van der Waals surface area contributed by atoms with Crippen LogP contribution in [0.1, 0.15) is 29.9 Å². The number of carbonyl (C=O) groups excluding carboxylic acids is 2. The second-order valence-corrected chi connectivity index (χ2v) is 9.46. The number of hydrogen-bond acceptors (Lipinski definition) is 8. The number of imidazole rings is 1. The van der Waals surface area contributed by atoms with Crippen molar-refractivity contribution < 1.29 is 9.59 Å². The van der Waals surface area contributed by atoms with E-state index < -0.39 is 0 Å². The zero-order valence-electron chi connectivity index (χ0n) is 19.9. The first kappa shape index (κ1) is 22.7. The smallest absolute Gasteiger partial charge is 0.224 e. The van der Waals surface area contributed by atoms with Crippen molar-refractivity contribution in [3.63, 3.8) is 0 Å². The molecule has 0 bridgehead atoms. The summed E-state index contributed by atoms with van der Waals surface area (Å²) in [6.45, 7) is 3.35. The van der Waals surface area contributed by atoms with Crippen LogP contribution in [-0.2, 0) is 4.79 Å². The van der Waals surface area contributed by atoms with Crippen LogP contribution in [0.25, 0.3) is 49.6 Å². The Balaban J connectivity index is 1.48. The fraction of sp³-hybridized carbons (Fsp3) is 0.115. The van der Waals surface area contributed by atoms with Crippen LogP contribution >= 0.6 is 11.3 Å². The van der Waals surface area contributed by atoms with Gasteiger partial charge >= 0.3 is 0 Å². The first-order valence-corrected chi connectivity index (χ1v) is 12.4. The van der Waals surface area contributed by atoms with Crippen LogP contribution in [0.2, 0.25) is 0 Å². The number of aromatic amines is 1. The number of ketones is 1. The van der Waals surface area contributed by atoms with Gasteiger partial charge in [0, 0.05) is 34.6 Å². The molecule has 10 nitrogen and oxygen atoms in total. The summed E-state index contributed by atoms with van der Waals surface area (Å²) in [5.74, 6) is 0.503. The Morgan fingerprint density at radius 2 is 1.92 bits per heavy atom. The highest BCUT2D eigenvalue weighted by atomic mass is 32.1. The lowest BCUT2D eigenvalue weighted by atomic mass is 10.2. The van der Waals surface area contributed by atoms with E-state index in [1.165, 1.54) is 11.3 Å². The number of amides is 1. The number of aromatic nitrogens is 7. The molecule has 0 radical (unpaired) electrons. The minimum atomic E-state index is -0.0977. The monoisotopic (exact) mass is 508 g/mol. The van der Waals surface area contributed by atoms with Crippen molar-refractivity contribution in [3.8, 4) is 27.6 Å². The number of nitrogens with one attached hydrogen (secondary N) is 2. The van der Waals surface area contributed by atoms with E-state index in [1.807, 2.05) is 24.3 Å². The van der Waals surface area contributed by atoms with Crippen LogP contribution < -0.4 is 5.32 Å². The van der Waals surface area contributed by atoms with Crippen LogP contribution in [0.15, 0.2) is 61.4 Å². The number of H-pyrrole nitrogens is 1. The highest BCUT2D eigenvalue weighted by Crippen LogP contribution is 2.35. The summed E-state index contributed by atoms with van der Waals surface area (Å²) < 4.78 is 1.73. The lowest BCUT2D eigenvalue weighted by molar-refractivity contribution is -0.115. The van der Waals surface area contributed by atoms with E-state index in [2.05, 4.69) is 25.3 Å². The summed E-state index contributed by atoms with van der Waals surface area (Å²) in [7, 11) is 0. The van der Waals surface area contributed by atoms with Crippen molar-refractivity contribution in [1.29, 1.82) is 0 Å². The van der Waals surface area contributed by atoms with Crippen molar-refractivity contribution in [2.75, 3.05) is 5.32 Å². The SMILES string of the molecule is CCC(=O)Nc1cncc(-n2nc(-c3nc4c(-c5ccc(C(C)=O)s5)cncc4[nH]3)c3ccncc32)c1. The number of Topliss-reactive ketones (excluding diaryl/α,β-unsaturated/α-hetero) is 1. The van der Waals surface area contributed by atoms with Crippen molar-refractivity contribution >= 4 is 50.7 Å². The molecular formula is C26H20N8O2S. The molecule has 0 saturated carbocycles. The zero-order valence-corrected chi connectivity index (χ0v) is 20.7. The first-order chi connectivity index (χ1) is 18.0. The van der Waals surface area contributed by atoms with Gasteiger partial charge in [0.2, 0.25) is 5.91 Å². The predicted octanol–water partition coefficient (Wildman–Crippen LogP) is 5.03. The molecule has 0 spiro atoms. The molecule has 0 aliphatic carbocycles. The molecule has 37 heavy (non-hydrogen) atoms. The maximum absolute atomic E-state index is 11.9. The largest absolute Gasteiger partial charge is 0.335 e. The number of nitrogens with zero attached hydrogens (tertiary/aromatic N) is 6. The quantitative estimate of drug-likeness (QED) is 0.302. The van der Waals surface area contributed by atoms with E-state index in [1.54, 1.807) is 55.7 Å². The van der Waals surface area contributed by atoms with E-state index in [-0.39, 0.29) is 11.7 Å². The van der Waals surface area contributed by atoms with Gasteiger partial charge in [-0.25, -0.2) is 9.67 Å². The molecule has 0 fully saturated rings. The number of hydrogen-bond donors (Lipinski definition) is 2. The fourth-order valence-electron chi connectivity index (χ4n) is 4.09. The highest BCUT2D eigenvalue weighted by Gasteiger charge is 2.19. The van der Waals surface area contributed by atoms with E-state index in [9.17, 15) is 9.59 Å². The summed E-state index contributed by atoms with van der Waals surface area (Å²) in [6, 6.07) is 7.43. The van der Waals surface area contributed by atoms with Gasteiger partial charge in [0.05, 0.1) is 52.1 Å². The Morgan fingerprint density at radius 1 is 1.05 bits per heavy atom. The molecule has 0 unspecified atom stereocenters. The summed E-state index contributed by atoms with van der Waals surface area (Å²) in [5.41, 5.74) is 4.99. The van der Waals surface area contributed by atoms with Gasteiger partial charge in [-0.15, -0.1) is 11.3 Å². The molecule has 0 aliphatic heterocycles. The van der Waals surface area contributed by atoms with E-state index in [0.29, 0.717) is 34.2 Å². The molecule has 1 amide bonds. The Kier molecular flexibility index (Phi) is 5.53. The zero-order chi connectivity index (χ0) is 25.5. The average molecular weight is 509 g/mol. The molecule has 2 N–H and O–H groups in total. The number of rotatable bonds is 6. The molecule has 6 heterocycles. The van der Waals surface area contributed by atoms with Crippen LogP contribution in [0.5, 0.6) is 0 Å². The van der Waals surface area contributed by atoms with Crippen LogP contribution in [0.3, 0.4) is 0 Å². The van der Waals surface area contributed by atoms with Crippen molar-refractivity contribution in [2.24, 2.45) is 0 Å². The second kappa shape index (κ2) is 9.03. The van der Waals surface area contributed by atoms with Gasteiger partial charge in [-0.05, 0) is 31.2 Å². The molecule has 0 atom stereocenters. The number of pyridine rings is 3. The van der Waals surface area contributed by atoms with Gasteiger partial charge in [-0.1, -0.05) is 6.92 Å². The molecule has 6 aromatic heterocycles. The molecule has 11 heteroatoms. The summed E-state index contributed by atoms with van der Waals surface area (Å²) in [4.78, 5) is 46.5. The minimum Gasteiger partial charge on any atom is -0.335 e. The number of anilines is 1. The third kappa shape index (κ3) is 4.04. The highest BCUT2D eigenvalue weighted by molar-refractivity contribution is 7.17. The predicted molar refractivity (Wildman–Crippen MR) is 142 cm³/mol. The Morgan fingerprint density at radius 3 is 2.73 bits per heavy atom. The summed E-state index contributed by atoms with van der Waals surface area (Å²) in [5, 5.41) is 8.54. The molecule has 6 aromatic rings. The van der Waals surface area contributed by atoms with Gasteiger partial charge in [0.25, 0.3) is 0 Å². The van der Waals surface area contributed by atoms with Crippen molar-refractivity contribution in [2.45, 2.75) is 20.3 Å². The Hall–Kier alpha value is -4.77. The standard InChI is InChI=1S/C26H20N8O2S/c1-3-23(36)30-15-8-16(10-28-9-15)34-20-13-27-7-6-17(20)25(33-34)26-31-19-12-29-11-18(24(19)32-26)22-5-4-21(37-22)14(2)35/h4-13H,3H2,1-2H3,(H,30,36)(H,31,32). The van der Waals surface area contributed by atoms with Crippen LogP contribution in [-0.4, -0.2) is 46.4 Å². The van der Waals surface area contributed by atoms with Crippen LogP contribution in [0, 0.1) is 0 Å². The number of carbonyl (C=O) groups is 2. The van der Waals surface area contributed by atoms with Gasteiger partial charge in [0.15, 0.2) is 11.6 Å². The topological polar surface area (TPSA) is 131 Å². The third-order valence-electron chi connectivity index (χ3n) is 5.89. The molecule has 182 valence electrons. The second-order valence-electron chi connectivity index (χ2n) is 8.38. The Labute approximate surface area is 214 Å². The van der Waals surface area contributed by atoms with E-state index in [0.717, 1.165) is 32.4 Å². The maximum Gasteiger partial charge on any atom is 0.224 e. The molecule has 0 saturated heterocycles. The number of fused-ring (bicyclic) bond motifs is 2. The van der Waals surface area contributed by atoms with Gasteiger partial charge < -0.3 is 10.3 Å². The van der Waals surface area contributed by atoms with Gasteiger partial charge in [-0.2, -0.15) is 5.10 Å². The Bertz CT molecular complexity index is 1820. The molecule has 0 aliphatic rings. The summed E-state index contributed by atoms with van der Waals surface area (Å²) in [6.07, 6.45) is 10.6. The minimum absolute atomic E-state index is 0.0255. The third-order valence-corrected chi connectivity index (χ3v) is 7.11. The maximum atomic E-state index is 11.9. The summed E-state index contributed by atoms with van der Waals surface area (Å²) >= 11 is 1.42. The van der Waals surface area contributed by atoms with E-state index >= 15 is 0 Å². The lowest BCUT2D eigenvalue weighted by Gasteiger charge is -2.06. The molecular weight excluding hydrogens is 488 g/mol. The normalized spacial score (nSPS) is 11.3.